The van der Waals surface area contributed by atoms with Gasteiger partial charge in [0.2, 0.25) is 0 Å². The summed E-state index contributed by atoms with van der Waals surface area (Å²) in [5, 5.41) is 8.75. The fourth-order valence-electron chi connectivity index (χ4n) is 4.11. The van der Waals surface area contributed by atoms with E-state index in [9.17, 15) is 13.2 Å². The number of ether oxygens (including phenoxy) is 1. The molecule has 1 aromatic rings. The highest BCUT2D eigenvalue weighted by atomic mass is 32.2. The minimum atomic E-state index is -4.16. The van der Waals surface area contributed by atoms with Crippen LogP contribution in [0, 0.1) is 0 Å². The van der Waals surface area contributed by atoms with Crippen molar-refractivity contribution in [2.45, 2.75) is 109 Å². The Labute approximate surface area is 240 Å². The zero-order valence-corrected chi connectivity index (χ0v) is 28.7. The van der Waals surface area contributed by atoms with Gasteiger partial charge in [0.05, 0.1) is 23.9 Å². The van der Waals surface area contributed by atoms with Gasteiger partial charge in [-0.05, 0) is 43.2 Å². The van der Waals surface area contributed by atoms with E-state index in [0.29, 0.717) is 6.54 Å². The molecule has 0 saturated carbocycles. The first-order valence-electron chi connectivity index (χ1n) is 13.6. The lowest BCUT2D eigenvalue weighted by Gasteiger charge is -2.43. The van der Waals surface area contributed by atoms with Gasteiger partial charge in [-0.2, -0.15) is 8.42 Å². The fraction of sp³-hybridized carbons (Fsp3) is 0.800. The standard InChI is InChI=1S/C25H47N5O7SSi2/c1-13-29(8)21(31)17-14-27-28-30(17)22-20(36-40(11,12)24(5,6)7)25(18(26)16-38(32,33)37-25)19(35-22)15-34-39(9,10)23(2,3)4/h14,16,19-20,22H,13,15,26H2,1-12H3. The summed E-state index contributed by atoms with van der Waals surface area (Å²) >= 11 is 0. The molecule has 1 aromatic heterocycles. The third-order valence-electron chi connectivity index (χ3n) is 8.93. The van der Waals surface area contributed by atoms with Crippen molar-refractivity contribution in [1.82, 2.24) is 19.9 Å². The van der Waals surface area contributed by atoms with Crippen molar-refractivity contribution in [3.8, 4) is 0 Å². The molecule has 0 radical (unpaired) electrons. The van der Waals surface area contributed by atoms with E-state index in [0.717, 1.165) is 5.41 Å². The molecule has 3 rings (SSSR count). The number of nitrogens with zero attached hydrogens (tertiary/aromatic N) is 4. The van der Waals surface area contributed by atoms with Gasteiger partial charge in [-0.3, -0.25) is 4.79 Å². The first-order valence-corrected chi connectivity index (χ1v) is 20.9. The number of hydrogen-bond acceptors (Lipinski definition) is 10. The van der Waals surface area contributed by atoms with E-state index in [1.807, 2.05) is 20.0 Å². The Balaban J connectivity index is 2.21. The SMILES string of the molecule is CCN(C)C(=O)c1cnnn1C1OC(CO[Si](C)(C)C(C)(C)C)C2(OS(=O)(=O)C=C2N)C1O[Si](C)(C)C(C)(C)C. The Bertz CT molecular complexity index is 1250. The van der Waals surface area contributed by atoms with Crippen LogP contribution in [0.2, 0.25) is 36.3 Å². The van der Waals surface area contributed by atoms with Crippen LogP contribution < -0.4 is 5.73 Å². The number of nitrogens with two attached hydrogens (primary N) is 1. The molecule has 228 valence electrons. The van der Waals surface area contributed by atoms with Gasteiger partial charge >= 0.3 is 0 Å². The predicted molar refractivity (Wildman–Crippen MR) is 157 cm³/mol. The average molecular weight is 618 g/mol. The molecule has 2 aliphatic rings. The molecule has 1 saturated heterocycles. The molecule has 12 nitrogen and oxygen atoms in total. The molecule has 3 heterocycles. The summed E-state index contributed by atoms with van der Waals surface area (Å²) in [5.41, 5.74) is 4.91. The van der Waals surface area contributed by atoms with Crippen molar-refractivity contribution in [3.05, 3.63) is 23.0 Å². The van der Waals surface area contributed by atoms with Gasteiger partial charge in [0.25, 0.3) is 16.0 Å². The predicted octanol–water partition coefficient (Wildman–Crippen LogP) is 3.58. The maximum Gasteiger partial charge on any atom is 0.292 e. The van der Waals surface area contributed by atoms with E-state index in [4.69, 9.17) is 23.5 Å². The summed E-state index contributed by atoms with van der Waals surface area (Å²) in [7, 11) is -7.41. The average Bonchev–Trinajstić information content (AvgIpc) is 3.45. The van der Waals surface area contributed by atoms with Gasteiger partial charge < -0.3 is 24.2 Å². The number of carbonyl (C=O) groups is 1. The number of carbonyl (C=O) groups excluding carboxylic acids is 1. The fourth-order valence-corrected chi connectivity index (χ4v) is 7.62. The van der Waals surface area contributed by atoms with Gasteiger partial charge in [0.1, 0.15) is 17.9 Å². The molecule has 0 aliphatic carbocycles. The van der Waals surface area contributed by atoms with Crippen molar-refractivity contribution in [3.63, 3.8) is 0 Å². The first kappa shape index (κ1) is 32.9. The maximum atomic E-state index is 13.2. The van der Waals surface area contributed by atoms with Crippen molar-refractivity contribution in [1.29, 1.82) is 0 Å². The number of amides is 1. The molecule has 40 heavy (non-hydrogen) atoms. The Kier molecular flexibility index (Phi) is 8.70. The summed E-state index contributed by atoms with van der Waals surface area (Å²) in [6.45, 7) is 23.1. The third-order valence-corrected chi connectivity index (χ3v) is 18.9. The summed E-state index contributed by atoms with van der Waals surface area (Å²) < 4.78 is 53.0. The number of aromatic nitrogens is 3. The largest absolute Gasteiger partial charge is 0.414 e. The summed E-state index contributed by atoms with van der Waals surface area (Å²) in [4.78, 5) is 14.8. The van der Waals surface area contributed by atoms with E-state index in [1.54, 1.807) is 7.05 Å². The molecule has 1 amide bonds. The van der Waals surface area contributed by atoms with Crippen molar-refractivity contribution in [2.75, 3.05) is 20.2 Å². The van der Waals surface area contributed by atoms with Crippen LogP contribution in [-0.2, 0) is 27.9 Å². The van der Waals surface area contributed by atoms with Crippen molar-refractivity contribution in [2.24, 2.45) is 5.73 Å². The zero-order chi connectivity index (χ0) is 30.7. The Morgan fingerprint density at radius 2 is 1.73 bits per heavy atom. The van der Waals surface area contributed by atoms with E-state index in [1.165, 1.54) is 15.8 Å². The Morgan fingerprint density at radius 3 is 2.20 bits per heavy atom. The van der Waals surface area contributed by atoms with Crippen molar-refractivity contribution >= 4 is 32.7 Å². The molecule has 2 N–H and O–H groups in total. The highest BCUT2D eigenvalue weighted by molar-refractivity contribution is 7.90. The van der Waals surface area contributed by atoms with Crippen LogP contribution in [0.15, 0.2) is 17.3 Å². The van der Waals surface area contributed by atoms with E-state index < -0.39 is 50.8 Å². The highest BCUT2D eigenvalue weighted by Crippen LogP contribution is 2.52. The van der Waals surface area contributed by atoms with Gasteiger partial charge in [0, 0.05) is 13.6 Å². The van der Waals surface area contributed by atoms with Gasteiger partial charge in [0.15, 0.2) is 28.5 Å². The second kappa shape index (κ2) is 10.6. The van der Waals surface area contributed by atoms with E-state index in [2.05, 4.69) is 64.9 Å². The zero-order valence-electron chi connectivity index (χ0n) is 25.9. The molecule has 4 unspecified atom stereocenters. The maximum absolute atomic E-state index is 13.2. The lowest BCUT2D eigenvalue weighted by atomic mass is 9.89. The molecule has 1 fully saturated rings. The Morgan fingerprint density at radius 1 is 1.15 bits per heavy atom. The van der Waals surface area contributed by atoms with Gasteiger partial charge in [-0.1, -0.05) is 46.8 Å². The Hall–Kier alpha value is -1.63. The topological polar surface area (TPSA) is 148 Å². The smallest absolute Gasteiger partial charge is 0.292 e. The normalized spacial score (nSPS) is 27.3. The molecule has 0 bridgehead atoms. The van der Waals surface area contributed by atoms with Crippen LogP contribution in [0.25, 0.3) is 0 Å². The minimum Gasteiger partial charge on any atom is -0.414 e. The molecule has 0 aromatic carbocycles. The van der Waals surface area contributed by atoms with Crippen LogP contribution >= 0.6 is 0 Å². The third kappa shape index (κ3) is 5.83. The minimum absolute atomic E-state index is 0.00124. The summed E-state index contributed by atoms with van der Waals surface area (Å²) in [6, 6.07) is 0. The molecule has 1 spiro atoms. The quantitative estimate of drug-likeness (QED) is 0.339. The monoisotopic (exact) mass is 617 g/mol. The van der Waals surface area contributed by atoms with Crippen LogP contribution in [0.1, 0.15) is 65.2 Å². The van der Waals surface area contributed by atoms with E-state index in [-0.39, 0.29) is 34.0 Å². The first-order chi connectivity index (χ1) is 18.0. The molecule has 4 atom stereocenters. The van der Waals surface area contributed by atoms with Gasteiger partial charge in [-0.25, -0.2) is 8.86 Å². The molecular weight excluding hydrogens is 571 g/mol. The molecule has 15 heteroatoms. The summed E-state index contributed by atoms with van der Waals surface area (Å²) in [6.07, 6.45) is -1.77. The lowest BCUT2D eigenvalue weighted by Crippen LogP contribution is -2.59. The van der Waals surface area contributed by atoms with Crippen LogP contribution in [-0.4, -0.2) is 88.9 Å². The van der Waals surface area contributed by atoms with Gasteiger partial charge in [-0.15, -0.1) is 5.10 Å². The highest BCUT2D eigenvalue weighted by Gasteiger charge is 2.67. The molecule has 2 aliphatic heterocycles. The van der Waals surface area contributed by atoms with Crippen LogP contribution in [0.5, 0.6) is 0 Å². The summed E-state index contributed by atoms with van der Waals surface area (Å²) in [5.74, 6) is -0.319. The number of rotatable bonds is 8. The second-order valence-electron chi connectivity index (χ2n) is 13.7. The lowest BCUT2D eigenvalue weighted by molar-refractivity contribution is -0.0603. The van der Waals surface area contributed by atoms with Crippen molar-refractivity contribution < 1.29 is 31.0 Å². The van der Waals surface area contributed by atoms with Crippen LogP contribution in [0.4, 0.5) is 0 Å². The number of hydrogen-bond donors (Lipinski definition) is 1. The van der Waals surface area contributed by atoms with Crippen LogP contribution in [0.3, 0.4) is 0 Å². The second-order valence-corrected chi connectivity index (χ2v) is 24.7. The molecular formula is C25H47N5O7SSi2. The van der Waals surface area contributed by atoms with E-state index >= 15 is 0 Å².